The van der Waals surface area contributed by atoms with Crippen LogP contribution in [0.4, 0.5) is 5.69 Å². The number of likely N-dealkylation sites (tertiary alicyclic amines) is 1. The van der Waals surface area contributed by atoms with Gasteiger partial charge in [0.25, 0.3) is 0 Å². The van der Waals surface area contributed by atoms with Gasteiger partial charge in [-0.1, -0.05) is 18.0 Å². The molecule has 1 atom stereocenters. The van der Waals surface area contributed by atoms with Crippen molar-refractivity contribution in [3.05, 3.63) is 28.8 Å². The zero-order valence-electron chi connectivity index (χ0n) is 12.6. The molecule has 2 fully saturated rings. The molecule has 0 radical (unpaired) electrons. The molecule has 0 bridgehead atoms. The van der Waals surface area contributed by atoms with Crippen LogP contribution >= 0.6 is 11.6 Å². The lowest BCUT2D eigenvalue weighted by Crippen LogP contribution is -2.40. The number of nitrogens with zero attached hydrogens (tertiary/aromatic N) is 2. The van der Waals surface area contributed by atoms with E-state index in [1.807, 2.05) is 18.2 Å². The Kier molecular flexibility index (Phi) is 4.51. The highest BCUT2D eigenvalue weighted by atomic mass is 35.5. The van der Waals surface area contributed by atoms with Crippen molar-refractivity contribution in [2.75, 3.05) is 31.1 Å². The Morgan fingerprint density at radius 1 is 1.19 bits per heavy atom. The summed E-state index contributed by atoms with van der Waals surface area (Å²) in [6.45, 7) is 6.22. The molecule has 0 saturated carbocycles. The summed E-state index contributed by atoms with van der Waals surface area (Å²) in [6, 6.07) is 6.50. The van der Waals surface area contributed by atoms with E-state index in [2.05, 4.69) is 9.80 Å². The van der Waals surface area contributed by atoms with Gasteiger partial charge < -0.3 is 4.90 Å². The van der Waals surface area contributed by atoms with Crippen LogP contribution in [0.5, 0.6) is 0 Å². The Bertz CT molecular complexity index is 526. The summed E-state index contributed by atoms with van der Waals surface area (Å²) < 4.78 is 0. The van der Waals surface area contributed by atoms with E-state index >= 15 is 0 Å². The van der Waals surface area contributed by atoms with Crippen LogP contribution in [0.15, 0.2) is 18.2 Å². The molecule has 0 aliphatic carbocycles. The molecular weight excluding hydrogens is 284 g/mol. The van der Waals surface area contributed by atoms with E-state index in [0.717, 1.165) is 18.8 Å². The van der Waals surface area contributed by atoms with E-state index in [4.69, 9.17) is 11.6 Å². The number of hydrogen-bond donors (Lipinski definition) is 0. The molecule has 0 aromatic heterocycles. The van der Waals surface area contributed by atoms with Gasteiger partial charge in [-0.15, -0.1) is 0 Å². The number of carbonyl (C=O) groups is 1. The van der Waals surface area contributed by atoms with Gasteiger partial charge in [0.05, 0.1) is 5.02 Å². The second-order valence-electron chi connectivity index (χ2n) is 6.21. The van der Waals surface area contributed by atoms with Gasteiger partial charge in [0.2, 0.25) is 0 Å². The second-order valence-corrected chi connectivity index (χ2v) is 6.61. The van der Waals surface area contributed by atoms with Crippen LogP contribution in [0.25, 0.3) is 0 Å². The van der Waals surface area contributed by atoms with Gasteiger partial charge in [-0.3, -0.25) is 9.69 Å². The summed E-state index contributed by atoms with van der Waals surface area (Å²) >= 11 is 6.23. The van der Waals surface area contributed by atoms with Crippen molar-refractivity contribution in [1.82, 2.24) is 4.90 Å². The van der Waals surface area contributed by atoms with Crippen molar-refractivity contribution in [3.63, 3.8) is 0 Å². The largest absolute Gasteiger partial charge is 0.370 e. The number of halogens is 1. The molecular formula is C17H23ClN2O. The number of anilines is 1. The lowest BCUT2D eigenvalue weighted by Gasteiger charge is -2.32. The summed E-state index contributed by atoms with van der Waals surface area (Å²) in [5.74, 6) is 0.0270. The molecule has 21 heavy (non-hydrogen) atoms. The molecule has 3 rings (SSSR count). The number of benzene rings is 1. The average molecular weight is 307 g/mol. The van der Waals surface area contributed by atoms with Crippen molar-refractivity contribution in [2.45, 2.75) is 38.6 Å². The first-order valence-electron chi connectivity index (χ1n) is 7.94. The second kappa shape index (κ2) is 6.37. The van der Waals surface area contributed by atoms with Gasteiger partial charge in [-0.2, -0.15) is 0 Å². The first-order valence-corrected chi connectivity index (χ1v) is 8.32. The van der Waals surface area contributed by atoms with Crippen molar-refractivity contribution in [3.8, 4) is 0 Å². The Morgan fingerprint density at radius 3 is 2.62 bits per heavy atom. The molecule has 1 unspecified atom stereocenters. The normalized spacial score (nSPS) is 23.5. The maximum absolute atomic E-state index is 11.5. The van der Waals surface area contributed by atoms with Gasteiger partial charge in [-0.25, -0.2) is 0 Å². The maximum Gasteiger partial charge on any atom is 0.161 e. The molecule has 114 valence electrons. The number of hydrogen-bond acceptors (Lipinski definition) is 3. The number of ketones is 1. The van der Waals surface area contributed by atoms with Crippen LogP contribution in [0.3, 0.4) is 0 Å². The van der Waals surface area contributed by atoms with Crippen LogP contribution in [0.2, 0.25) is 5.02 Å². The minimum Gasteiger partial charge on any atom is -0.370 e. The molecule has 0 N–H and O–H groups in total. The highest BCUT2D eigenvalue weighted by Crippen LogP contribution is 2.28. The van der Waals surface area contributed by atoms with E-state index < -0.39 is 0 Å². The van der Waals surface area contributed by atoms with Gasteiger partial charge in [0.1, 0.15) is 0 Å². The SMILES string of the molecule is CC(=O)c1ccc(N2CCC(N3CCCCC3)C2)cc1Cl. The molecule has 1 aromatic carbocycles. The van der Waals surface area contributed by atoms with E-state index in [9.17, 15) is 4.79 Å². The predicted octanol–water partition coefficient (Wildman–Crippen LogP) is 3.61. The third-order valence-corrected chi connectivity index (χ3v) is 5.08. The highest BCUT2D eigenvalue weighted by Gasteiger charge is 2.28. The molecule has 3 nitrogen and oxygen atoms in total. The monoisotopic (exact) mass is 306 g/mol. The van der Waals surface area contributed by atoms with Crippen molar-refractivity contribution in [2.24, 2.45) is 0 Å². The Morgan fingerprint density at radius 2 is 1.95 bits per heavy atom. The molecule has 4 heteroatoms. The van der Waals surface area contributed by atoms with Crippen LogP contribution in [0, 0.1) is 0 Å². The zero-order valence-corrected chi connectivity index (χ0v) is 13.4. The molecule has 2 aliphatic rings. The third kappa shape index (κ3) is 3.24. The van der Waals surface area contributed by atoms with Crippen LogP contribution in [-0.2, 0) is 0 Å². The number of piperidine rings is 1. The number of Topliss-reactive ketones (excluding diaryl/α,β-unsaturated/α-hetero) is 1. The first-order chi connectivity index (χ1) is 10.1. The fraction of sp³-hybridized carbons (Fsp3) is 0.588. The lowest BCUT2D eigenvalue weighted by molar-refractivity contribution is 0.101. The minimum absolute atomic E-state index is 0.0270. The summed E-state index contributed by atoms with van der Waals surface area (Å²) in [5, 5.41) is 0.571. The topological polar surface area (TPSA) is 23.6 Å². The molecule has 1 aromatic rings. The first kappa shape index (κ1) is 14.9. The molecule has 0 spiro atoms. The van der Waals surface area contributed by atoms with Gasteiger partial charge in [0.15, 0.2) is 5.78 Å². The third-order valence-electron chi connectivity index (χ3n) is 4.77. The zero-order chi connectivity index (χ0) is 14.8. The van der Waals surface area contributed by atoms with E-state index in [1.165, 1.54) is 38.8 Å². The highest BCUT2D eigenvalue weighted by molar-refractivity contribution is 6.34. The lowest BCUT2D eigenvalue weighted by atomic mass is 10.1. The maximum atomic E-state index is 11.5. The van der Waals surface area contributed by atoms with Gasteiger partial charge in [0, 0.05) is 30.4 Å². The Hall–Kier alpha value is -1.06. The smallest absolute Gasteiger partial charge is 0.161 e. The average Bonchev–Trinajstić information content (AvgIpc) is 2.97. The summed E-state index contributed by atoms with van der Waals surface area (Å²) in [6.07, 6.45) is 5.30. The standard InChI is InChI=1S/C17H23ClN2O/c1-13(21)16-6-5-14(11-17(16)18)20-10-7-15(12-20)19-8-3-2-4-9-19/h5-6,11,15H,2-4,7-10,12H2,1H3. The van der Waals surface area contributed by atoms with Crippen molar-refractivity contribution < 1.29 is 4.79 Å². The fourth-order valence-electron chi connectivity index (χ4n) is 3.54. The summed E-state index contributed by atoms with van der Waals surface area (Å²) in [5.41, 5.74) is 1.76. The van der Waals surface area contributed by atoms with Crippen LogP contribution in [-0.4, -0.2) is 42.9 Å². The van der Waals surface area contributed by atoms with E-state index in [-0.39, 0.29) is 5.78 Å². The fourth-order valence-corrected chi connectivity index (χ4v) is 3.85. The molecule has 2 heterocycles. The summed E-state index contributed by atoms with van der Waals surface area (Å²) in [4.78, 5) is 16.5. The molecule has 2 saturated heterocycles. The van der Waals surface area contributed by atoms with E-state index in [1.54, 1.807) is 6.92 Å². The van der Waals surface area contributed by atoms with Crippen molar-refractivity contribution in [1.29, 1.82) is 0 Å². The Balaban J connectivity index is 1.68. The minimum atomic E-state index is 0.0270. The molecule has 2 aliphatic heterocycles. The van der Waals surface area contributed by atoms with Gasteiger partial charge in [-0.05, 0) is 57.5 Å². The Labute approximate surface area is 131 Å². The number of carbonyl (C=O) groups excluding carboxylic acids is 1. The predicted molar refractivity (Wildman–Crippen MR) is 87.5 cm³/mol. The van der Waals surface area contributed by atoms with Crippen molar-refractivity contribution >= 4 is 23.1 Å². The van der Waals surface area contributed by atoms with E-state index in [0.29, 0.717) is 16.6 Å². The summed E-state index contributed by atoms with van der Waals surface area (Å²) in [7, 11) is 0. The van der Waals surface area contributed by atoms with Crippen LogP contribution < -0.4 is 4.90 Å². The molecule has 0 amide bonds. The van der Waals surface area contributed by atoms with Gasteiger partial charge >= 0.3 is 0 Å². The number of rotatable bonds is 3. The van der Waals surface area contributed by atoms with Crippen LogP contribution in [0.1, 0.15) is 43.0 Å². The quantitative estimate of drug-likeness (QED) is 0.797.